The van der Waals surface area contributed by atoms with E-state index in [2.05, 4.69) is 0 Å². The molecular weight excluding hydrogens is 296 g/mol. The van der Waals surface area contributed by atoms with Crippen molar-refractivity contribution in [1.82, 2.24) is 4.90 Å². The van der Waals surface area contributed by atoms with Gasteiger partial charge in [0.05, 0.1) is 25.7 Å². The molecule has 1 fully saturated rings. The molecule has 0 radical (unpaired) electrons. The Morgan fingerprint density at radius 1 is 1.32 bits per heavy atom. The molecule has 0 aliphatic carbocycles. The molecule has 1 aliphatic heterocycles. The Balaban J connectivity index is 1.94. The molecule has 120 valence electrons. The van der Waals surface area contributed by atoms with Gasteiger partial charge >= 0.3 is 5.97 Å². The summed E-state index contributed by atoms with van der Waals surface area (Å²) in [4.78, 5) is 24.5. The number of carboxylic acid groups (broad SMARTS) is 1. The smallest absolute Gasteiger partial charge is 0.305 e. The van der Waals surface area contributed by atoms with E-state index in [4.69, 9.17) is 9.84 Å². The monoisotopic (exact) mass is 313 g/mol. The zero-order valence-electron chi connectivity index (χ0n) is 11.9. The van der Waals surface area contributed by atoms with Crippen molar-refractivity contribution in [2.24, 2.45) is 0 Å². The number of hydrogen-bond donors (Lipinski definition) is 1. The van der Waals surface area contributed by atoms with Gasteiger partial charge in [0.25, 0.3) is 0 Å². The van der Waals surface area contributed by atoms with E-state index in [9.17, 15) is 18.4 Å². The van der Waals surface area contributed by atoms with Crippen molar-refractivity contribution in [2.75, 3.05) is 19.8 Å². The van der Waals surface area contributed by atoms with Crippen molar-refractivity contribution in [2.45, 2.75) is 25.3 Å². The summed E-state index contributed by atoms with van der Waals surface area (Å²) in [6.45, 7) is 0.908. The predicted molar refractivity (Wildman–Crippen MR) is 73.3 cm³/mol. The van der Waals surface area contributed by atoms with Gasteiger partial charge in [0.15, 0.2) is 11.6 Å². The van der Waals surface area contributed by atoms with Gasteiger partial charge in [-0.1, -0.05) is 6.07 Å². The Morgan fingerprint density at radius 2 is 2.09 bits per heavy atom. The maximum Gasteiger partial charge on any atom is 0.305 e. The lowest BCUT2D eigenvalue weighted by Gasteiger charge is -2.35. The van der Waals surface area contributed by atoms with E-state index in [1.165, 1.54) is 11.0 Å². The zero-order valence-corrected chi connectivity index (χ0v) is 11.9. The van der Waals surface area contributed by atoms with E-state index in [0.29, 0.717) is 18.7 Å². The molecule has 1 N–H and O–H groups in total. The number of morpholine rings is 1. The second kappa shape index (κ2) is 7.31. The van der Waals surface area contributed by atoms with Crippen molar-refractivity contribution < 1.29 is 28.2 Å². The minimum absolute atomic E-state index is 0.112. The Kier molecular flexibility index (Phi) is 5.43. The fourth-order valence-corrected chi connectivity index (χ4v) is 2.44. The Labute approximate surface area is 126 Å². The third kappa shape index (κ3) is 4.24. The lowest BCUT2D eigenvalue weighted by molar-refractivity contribution is -0.146. The molecule has 22 heavy (non-hydrogen) atoms. The minimum atomic E-state index is -0.992. The molecule has 1 aromatic carbocycles. The van der Waals surface area contributed by atoms with Gasteiger partial charge in [-0.05, 0) is 24.1 Å². The fourth-order valence-electron chi connectivity index (χ4n) is 2.44. The number of rotatable bonds is 5. The summed E-state index contributed by atoms with van der Waals surface area (Å²) in [5, 5.41) is 8.86. The van der Waals surface area contributed by atoms with Crippen LogP contribution < -0.4 is 0 Å². The lowest BCUT2D eigenvalue weighted by atomic mass is 10.1. The molecule has 0 saturated carbocycles. The quantitative estimate of drug-likeness (QED) is 0.896. The van der Waals surface area contributed by atoms with Crippen LogP contribution in [0.25, 0.3) is 0 Å². The number of benzene rings is 1. The van der Waals surface area contributed by atoms with Gasteiger partial charge in [-0.25, -0.2) is 8.78 Å². The highest BCUT2D eigenvalue weighted by molar-refractivity contribution is 5.78. The highest BCUT2D eigenvalue weighted by Gasteiger charge is 2.28. The first-order valence-corrected chi connectivity index (χ1v) is 7.00. The third-order valence-electron chi connectivity index (χ3n) is 3.57. The van der Waals surface area contributed by atoms with Crippen molar-refractivity contribution in [1.29, 1.82) is 0 Å². The van der Waals surface area contributed by atoms with Crippen molar-refractivity contribution in [3.05, 3.63) is 35.4 Å². The molecule has 1 amide bonds. The first-order chi connectivity index (χ1) is 10.5. The molecule has 0 bridgehead atoms. The molecule has 1 saturated heterocycles. The second-order valence-electron chi connectivity index (χ2n) is 5.16. The van der Waals surface area contributed by atoms with Crippen molar-refractivity contribution in [3.8, 4) is 0 Å². The number of hydrogen-bond acceptors (Lipinski definition) is 3. The van der Waals surface area contributed by atoms with Crippen LogP contribution in [0.2, 0.25) is 0 Å². The maximum atomic E-state index is 13.1. The minimum Gasteiger partial charge on any atom is -0.481 e. The Morgan fingerprint density at radius 3 is 2.77 bits per heavy atom. The normalized spacial score (nSPS) is 18.3. The highest BCUT2D eigenvalue weighted by Crippen LogP contribution is 2.15. The van der Waals surface area contributed by atoms with Crippen LogP contribution in [0, 0.1) is 11.6 Å². The van der Waals surface area contributed by atoms with Gasteiger partial charge in [-0.3, -0.25) is 9.59 Å². The molecule has 1 aromatic rings. The van der Waals surface area contributed by atoms with E-state index in [0.717, 1.165) is 12.1 Å². The lowest BCUT2D eigenvalue weighted by Crippen LogP contribution is -2.49. The van der Waals surface area contributed by atoms with E-state index in [1.807, 2.05) is 0 Å². The molecular formula is C15H17F2NO4. The van der Waals surface area contributed by atoms with Gasteiger partial charge in [0, 0.05) is 13.0 Å². The average Bonchev–Trinajstić information content (AvgIpc) is 2.48. The molecule has 1 heterocycles. The largest absolute Gasteiger partial charge is 0.481 e. The van der Waals surface area contributed by atoms with Gasteiger partial charge in [0.2, 0.25) is 5.91 Å². The van der Waals surface area contributed by atoms with Crippen LogP contribution in [0.5, 0.6) is 0 Å². The van der Waals surface area contributed by atoms with Gasteiger partial charge in [-0.2, -0.15) is 0 Å². The summed E-state index contributed by atoms with van der Waals surface area (Å²) in [5.41, 5.74) is 0.523. The summed E-state index contributed by atoms with van der Waals surface area (Å²) < 4.78 is 31.2. The molecule has 0 aromatic heterocycles. The molecule has 0 spiro atoms. The van der Waals surface area contributed by atoms with E-state index in [1.54, 1.807) is 0 Å². The summed E-state index contributed by atoms with van der Waals surface area (Å²) in [6, 6.07) is 3.04. The average molecular weight is 313 g/mol. The number of halogens is 2. The van der Waals surface area contributed by atoms with E-state index >= 15 is 0 Å². The topological polar surface area (TPSA) is 66.8 Å². The number of amides is 1. The molecule has 1 atom stereocenters. The van der Waals surface area contributed by atoms with Crippen LogP contribution in [0.1, 0.15) is 18.4 Å². The summed E-state index contributed by atoms with van der Waals surface area (Å²) >= 11 is 0. The second-order valence-corrected chi connectivity index (χ2v) is 5.16. The first kappa shape index (κ1) is 16.4. The van der Waals surface area contributed by atoms with E-state index < -0.39 is 23.6 Å². The van der Waals surface area contributed by atoms with Crippen molar-refractivity contribution >= 4 is 11.9 Å². The fraction of sp³-hybridized carbons (Fsp3) is 0.467. The van der Waals surface area contributed by atoms with Crippen LogP contribution in [0.15, 0.2) is 18.2 Å². The standard InChI is InChI=1S/C15H17F2NO4/c16-12-3-1-10(7-13(12)17)2-4-14(19)18-5-6-22-9-11(18)8-15(20)21/h1,3,7,11H,2,4-6,8-9H2,(H,20,21). The zero-order chi connectivity index (χ0) is 16.1. The molecule has 2 rings (SSSR count). The summed E-state index contributed by atoms with van der Waals surface area (Å²) in [7, 11) is 0. The van der Waals surface area contributed by atoms with Crippen LogP contribution in [-0.2, 0) is 20.7 Å². The molecule has 5 nitrogen and oxygen atoms in total. The highest BCUT2D eigenvalue weighted by atomic mass is 19.2. The van der Waals surface area contributed by atoms with Crippen LogP contribution in [0.3, 0.4) is 0 Å². The summed E-state index contributed by atoms with van der Waals surface area (Å²) in [5.74, 6) is -3.07. The van der Waals surface area contributed by atoms with Crippen LogP contribution in [-0.4, -0.2) is 47.7 Å². The van der Waals surface area contributed by atoms with Gasteiger partial charge in [0.1, 0.15) is 0 Å². The first-order valence-electron chi connectivity index (χ1n) is 7.00. The number of aryl methyl sites for hydroxylation is 1. The molecule has 1 unspecified atom stereocenters. The van der Waals surface area contributed by atoms with Crippen molar-refractivity contribution in [3.63, 3.8) is 0 Å². The maximum absolute atomic E-state index is 13.1. The molecule has 7 heteroatoms. The van der Waals surface area contributed by atoms with E-state index in [-0.39, 0.29) is 31.8 Å². The number of carbonyl (C=O) groups excluding carboxylic acids is 1. The van der Waals surface area contributed by atoms with Gasteiger partial charge in [-0.15, -0.1) is 0 Å². The number of ether oxygens (including phenoxy) is 1. The SMILES string of the molecule is O=C(O)CC1COCCN1C(=O)CCc1ccc(F)c(F)c1. The predicted octanol–water partition coefficient (Wildman–Crippen LogP) is 1.60. The number of aliphatic carboxylic acids is 1. The van der Waals surface area contributed by atoms with Gasteiger partial charge < -0.3 is 14.7 Å². The number of carbonyl (C=O) groups is 2. The third-order valence-corrected chi connectivity index (χ3v) is 3.57. The van der Waals surface area contributed by atoms with Crippen LogP contribution >= 0.6 is 0 Å². The summed E-state index contributed by atoms with van der Waals surface area (Å²) in [6.07, 6.45) is 0.214. The Bertz CT molecular complexity index is 564. The number of carboxylic acids is 1. The number of nitrogens with zero attached hydrogens (tertiary/aromatic N) is 1. The van der Waals surface area contributed by atoms with Crippen LogP contribution in [0.4, 0.5) is 8.78 Å². The Hall–Kier alpha value is -2.02. The molecule has 1 aliphatic rings.